The van der Waals surface area contributed by atoms with Crippen molar-refractivity contribution in [2.45, 2.75) is 136 Å². The lowest BCUT2D eigenvalue weighted by Crippen LogP contribution is -3.00. The van der Waals surface area contributed by atoms with Crippen LogP contribution in [0.2, 0.25) is 0 Å². The van der Waals surface area contributed by atoms with Gasteiger partial charge in [0.1, 0.15) is 0 Å². The molecule has 166 valence electrons. The molecule has 0 aliphatic heterocycles. The Morgan fingerprint density at radius 3 is 1.07 bits per heavy atom. The average Bonchev–Trinajstić information content (AvgIpc) is 2.60. The fourth-order valence-electron chi connectivity index (χ4n) is 3.69. The number of unbranched alkanes of at least 4 members (excludes halogenated alkanes) is 15. The maximum absolute atomic E-state index is 9.88. The second kappa shape index (κ2) is 19.7. The summed E-state index contributed by atoms with van der Waals surface area (Å²) in [5.74, 6) is 0. The molecule has 0 heterocycles. The molecule has 0 saturated heterocycles. The van der Waals surface area contributed by atoms with Crippen LogP contribution in [-0.4, -0.2) is 40.7 Å². The van der Waals surface area contributed by atoms with Crippen molar-refractivity contribution in [3.63, 3.8) is 0 Å². The van der Waals surface area contributed by atoms with E-state index in [1.165, 1.54) is 96.3 Å². The Labute approximate surface area is 181 Å². The van der Waals surface area contributed by atoms with Crippen LogP contribution in [0.25, 0.3) is 0 Å². The van der Waals surface area contributed by atoms with Gasteiger partial charge < -0.3 is 27.2 Å². The summed E-state index contributed by atoms with van der Waals surface area (Å²) in [7, 11) is 1.94. The molecule has 0 saturated carbocycles. The summed E-state index contributed by atoms with van der Waals surface area (Å²) in [5.41, 5.74) is 0. The second-order valence-corrected chi connectivity index (χ2v) is 8.64. The Bertz CT molecular complexity index is 290. The van der Waals surface area contributed by atoms with Gasteiger partial charge in [0.05, 0.1) is 13.6 Å². The van der Waals surface area contributed by atoms with Gasteiger partial charge >= 0.3 is 0 Å². The summed E-state index contributed by atoms with van der Waals surface area (Å²) in [4.78, 5) is 0. The van der Waals surface area contributed by atoms with Crippen LogP contribution in [0.15, 0.2) is 0 Å². The third-order valence-corrected chi connectivity index (χ3v) is 6.20. The highest BCUT2D eigenvalue weighted by molar-refractivity contribution is 4.50. The molecule has 0 fully saturated rings. The number of hydrogen-bond acceptors (Lipinski definition) is 2. The van der Waals surface area contributed by atoms with Gasteiger partial charge in [-0.25, -0.2) is 0 Å². The van der Waals surface area contributed by atoms with Gasteiger partial charge in [0.25, 0.3) is 0 Å². The number of rotatable bonds is 19. The standard InChI is InChI=1S/C23H50NO2.BrH/c1-5-6-7-8-9-10-11-12-13-14-15-16-17-18-19-20-21-24(4,22(2)25)23(3)26;/h22-23,25-26H,5-21H2,1-4H3;1H/q+1;/p-1. The molecule has 2 N–H and O–H groups in total. The first-order valence-electron chi connectivity index (χ1n) is 11.7. The average molecular weight is 453 g/mol. The molecule has 0 aromatic carbocycles. The lowest BCUT2D eigenvalue weighted by Gasteiger charge is -2.39. The zero-order valence-corrected chi connectivity index (χ0v) is 20.5. The van der Waals surface area contributed by atoms with Crippen LogP contribution in [0.4, 0.5) is 0 Å². The Kier molecular flexibility index (Phi) is 21.5. The van der Waals surface area contributed by atoms with Crippen molar-refractivity contribution in [1.29, 1.82) is 0 Å². The Hall–Kier alpha value is 0.360. The molecule has 0 aromatic heterocycles. The first-order valence-corrected chi connectivity index (χ1v) is 11.7. The Balaban J connectivity index is 0. The van der Waals surface area contributed by atoms with Gasteiger partial charge in [0.2, 0.25) is 0 Å². The first kappa shape index (κ1) is 29.6. The van der Waals surface area contributed by atoms with E-state index in [2.05, 4.69) is 6.92 Å². The van der Waals surface area contributed by atoms with Crippen molar-refractivity contribution in [2.24, 2.45) is 0 Å². The summed E-state index contributed by atoms with van der Waals surface area (Å²) in [6, 6.07) is 0. The molecule has 0 aliphatic carbocycles. The largest absolute Gasteiger partial charge is 1.00 e. The van der Waals surface area contributed by atoms with E-state index in [1.54, 1.807) is 13.8 Å². The minimum Gasteiger partial charge on any atom is -1.00 e. The van der Waals surface area contributed by atoms with E-state index in [0.717, 1.165) is 13.0 Å². The van der Waals surface area contributed by atoms with Crippen LogP contribution < -0.4 is 17.0 Å². The van der Waals surface area contributed by atoms with Crippen LogP contribution in [-0.2, 0) is 0 Å². The smallest absolute Gasteiger partial charge is 0.189 e. The van der Waals surface area contributed by atoms with Gasteiger partial charge in [0.15, 0.2) is 12.5 Å². The van der Waals surface area contributed by atoms with Gasteiger partial charge in [0, 0.05) is 13.8 Å². The van der Waals surface area contributed by atoms with Crippen LogP contribution in [0.3, 0.4) is 0 Å². The fourth-order valence-corrected chi connectivity index (χ4v) is 3.69. The van der Waals surface area contributed by atoms with E-state index >= 15 is 0 Å². The van der Waals surface area contributed by atoms with Gasteiger partial charge in [-0.05, 0) is 12.8 Å². The number of aliphatic hydroxyl groups is 2. The molecule has 3 nitrogen and oxygen atoms in total. The van der Waals surface area contributed by atoms with Gasteiger partial charge in [-0.15, -0.1) is 0 Å². The highest BCUT2D eigenvalue weighted by Gasteiger charge is 2.31. The molecular formula is C23H50BrNO2. The van der Waals surface area contributed by atoms with E-state index in [9.17, 15) is 10.2 Å². The first-order chi connectivity index (χ1) is 12.4. The zero-order chi connectivity index (χ0) is 19.7. The van der Waals surface area contributed by atoms with Crippen LogP contribution in [0.5, 0.6) is 0 Å². The van der Waals surface area contributed by atoms with E-state index in [-0.39, 0.29) is 17.0 Å². The molecule has 27 heavy (non-hydrogen) atoms. The lowest BCUT2D eigenvalue weighted by atomic mass is 10.0. The van der Waals surface area contributed by atoms with E-state index in [4.69, 9.17) is 0 Å². The van der Waals surface area contributed by atoms with Crippen molar-refractivity contribution in [2.75, 3.05) is 13.6 Å². The minimum absolute atomic E-state index is 0. The summed E-state index contributed by atoms with van der Waals surface area (Å²) in [6.45, 7) is 6.69. The highest BCUT2D eigenvalue weighted by atomic mass is 79.9. The topological polar surface area (TPSA) is 40.5 Å². The molecule has 0 rings (SSSR count). The Morgan fingerprint density at radius 1 is 0.556 bits per heavy atom. The van der Waals surface area contributed by atoms with Crippen molar-refractivity contribution in [3.8, 4) is 0 Å². The highest BCUT2D eigenvalue weighted by Crippen LogP contribution is 2.17. The molecule has 4 heteroatoms. The molecular weight excluding hydrogens is 402 g/mol. The SMILES string of the molecule is CCCCCCCCCCCCCCCCCC[N+](C)(C(C)O)C(C)O.[Br-]. The quantitative estimate of drug-likeness (QED) is 0.179. The molecule has 0 spiro atoms. The maximum Gasteiger partial charge on any atom is 0.189 e. The monoisotopic (exact) mass is 451 g/mol. The molecule has 0 amide bonds. The predicted molar refractivity (Wildman–Crippen MR) is 114 cm³/mol. The Morgan fingerprint density at radius 2 is 0.815 bits per heavy atom. The molecule has 0 aromatic rings. The van der Waals surface area contributed by atoms with Crippen molar-refractivity contribution < 1.29 is 31.7 Å². The lowest BCUT2D eigenvalue weighted by molar-refractivity contribution is -0.990. The summed E-state index contributed by atoms with van der Waals surface area (Å²) >= 11 is 0. The van der Waals surface area contributed by atoms with E-state index in [1.807, 2.05) is 7.05 Å². The van der Waals surface area contributed by atoms with Gasteiger partial charge in [-0.1, -0.05) is 96.8 Å². The van der Waals surface area contributed by atoms with Gasteiger partial charge in [-0.3, -0.25) is 4.48 Å². The fraction of sp³-hybridized carbons (Fsp3) is 1.00. The normalized spacial score (nSPS) is 15.8. The van der Waals surface area contributed by atoms with Crippen molar-refractivity contribution in [3.05, 3.63) is 0 Å². The van der Waals surface area contributed by atoms with Crippen molar-refractivity contribution >= 4 is 0 Å². The molecule has 0 radical (unpaired) electrons. The summed E-state index contributed by atoms with van der Waals surface area (Å²) in [5, 5.41) is 19.8. The summed E-state index contributed by atoms with van der Waals surface area (Å²) in [6.07, 6.45) is 20.9. The number of quaternary nitrogens is 1. The minimum atomic E-state index is -0.508. The summed E-state index contributed by atoms with van der Waals surface area (Å²) < 4.78 is 0.346. The third kappa shape index (κ3) is 15.9. The van der Waals surface area contributed by atoms with Gasteiger partial charge in [-0.2, -0.15) is 0 Å². The van der Waals surface area contributed by atoms with E-state index in [0.29, 0.717) is 4.48 Å². The zero-order valence-electron chi connectivity index (χ0n) is 18.9. The second-order valence-electron chi connectivity index (χ2n) is 8.64. The van der Waals surface area contributed by atoms with E-state index < -0.39 is 12.5 Å². The number of nitrogens with zero attached hydrogens (tertiary/aromatic N) is 1. The van der Waals surface area contributed by atoms with Crippen LogP contribution in [0, 0.1) is 0 Å². The third-order valence-electron chi connectivity index (χ3n) is 6.20. The van der Waals surface area contributed by atoms with Crippen LogP contribution in [0.1, 0.15) is 124 Å². The number of halogens is 1. The molecule has 2 atom stereocenters. The van der Waals surface area contributed by atoms with Crippen LogP contribution >= 0.6 is 0 Å². The number of hydrogen-bond donors (Lipinski definition) is 2. The number of aliphatic hydroxyl groups excluding tert-OH is 2. The predicted octanol–water partition coefficient (Wildman–Crippen LogP) is 3.38. The molecule has 2 unspecified atom stereocenters. The molecule has 0 bridgehead atoms. The van der Waals surface area contributed by atoms with Crippen molar-refractivity contribution in [1.82, 2.24) is 0 Å². The maximum atomic E-state index is 9.88. The molecule has 0 aliphatic rings.